The van der Waals surface area contributed by atoms with Crippen molar-refractivity contribution in [3.63, 3.8) is 0 Å². The molecule has 0 radical (unpaired) electrons. The monoisotopic (exact) mass is 339 g/mol. The first-order valence-electron chi connectivity index (χ1n) is 6.24. The molecule has 0 amide bonds. The molecule has 0 atom stereocenters. The zero-order valence-corrected chi connectivity index (χ0v) is 13.2. The minimum Gasteiger partial charge on any atom is -0.491 e. The Balaban J connectivity index is 1.57. The predicted octanol–water partition coefficient (Wildman–Crippen LogP) is 4.21. The number of nitrogens with zero attached hydrogens (tertiary/aromatic N) is 3. The van der Waals surface area contributed by atoms with Gasteiger partial charge >= 0.3 is 0 Å². The molecular formula is C14H11Cl2N3OS. The van der Waals surface area contributed by atoms with Crippen molar-refractivity contribution in [2.75, 3.05) is 12.4 Å². The molecule has 0 aliphatic carbocycles. The standard InChI is InChI=1S/C14H11Cl2N3OS/c15-10-4-5-12(11(16)9-10)20-7-8-21-14-18-17-13-3-1-2-6-19(13)14/h1-6,9H,7-8H2. The summed E-state index contributed by atoms with van der Waals surface area (Å²) < 4.78 is 7.58. The Morgan fingerprint density at radius 3 is 2.90 bits per heavy atom. The molecule has 0 spiro atoms. The van der Waals surface area contributed by atoms with Crippen LogP contribution in [0.1, 0.15) is 0 Å². The third-order valence-electron chi connectivity index (χ3n) is 2.75. The number of aromatic nitrogens is 3. The van der Waals surface area contributed by atoms with Gasteiger partial charge in [-0.3, -0.25) is 4.40 Å². The van der Waals surface area contributed by atoms with Gasteiger partial charge in [0.05, 0.1) is 11.6 Å². The summed E-state index contributed by atoms with van der Waals surface area (Å²) in [5, 5.41) is 10.2. The second-order valence-corrected chi connectivity index (χ2v) is 6.09. The van der Waals surface area contributed by atoms with Crippen LogP contribution in [0.2, 0.25) is 10.0 Å². The van der Waals surface area contributed by atoms with Gasteiger partial charge < -0.3 is 4.74 Å². The number of hydrogen-bond acceptors (Lipinski definition) is 4. The maximum absolute atomic E-state index is 6.04. The van der Waals surface area contributed by atoms with Gasteiger partial charge in [0.1, 0.15) is 5.75 Å². The summed E-state index contributed by atoms with van der Waals surface area (Å²) in [6.07, 6.45) is 1.94. The molecule has 0 bridgehead atoms. The summed E-state index contributed by atoms with van der Waals surface area (Å²) in [6, 6.07) is 11.0. The molecule has 108 valence electrons. The van der Waals surface area contributed by atoms with Gasteiger partial charge in [-0.05, 0) is 30.3 Å². The van der Waals surface area contributed by atoms with Crippen molar-refractivity contribution in [3.05, 3.63) is 52.6 Å². The summed E-state index contributed by atoms with van der Waals surface area (Å²) in [4.78, 5) is 0. The van der Waals surface area contributed by atoms with E-state index in [-0.39, 0.29) is 0 Å². The number of halogens is 2. The first kappa shape index (κ1) is 14.5. The van der Waals surface area contributed by atoms with Crippen LogP contribution in [0.5, 0.6) is 5.75 Å². The highest BCUT2D eigenvalue weighted by Gasteiger charge is 2.06. The zero-order chi connectivity index (χ0) is 14.7. The van der Waals surface area contributed by atoms with E-state index in [2.05, 4.69) is 10.2 Å². The van der Waals surface area contributed by atoms with Crippen LogP contribution in [-0.4, -0.2) is 27.0 Å². The molecule has 2 heterocycles. The number of pyridine rings is 1. The Morgan fingerprint density at radius 1 is 1.14 bits per heavy atom. The SMILES string of the molecule is Clc1ccc(OCCSc2nnc3ccccn23)c(Cl)c1. The van der Waals surface area contributed by atoms with Gasteiger partial charge in [0, 0.05) is 17.0 Å². The molecule has 7 heteroatoms. The largest absolute Gasteiger partial charge is 0.491 e. The molecule has 4 nitrogen and oxygen atoms in total. The van der Waals surface area contributed by atoms with Gasteiger partial charge in [-0.1, -0.05) is 41.0 Å². The van der Waals surface area contributed by atoms with Crippen molar-refractivity contribution in [1.29, 1.82) is 0 Å². The van der Waals surface area contributed by atoms with Gasteiger partial charge in [-0.2, -0.15) is 0 Å². The van der Waals surface area contributed by atoms with Crippen molar-refractivity contribution in [3.8, 4) is 5.75 Å². The quantitative estimate of drug-likeness (QED) is 0.515. The number of thioether (sulfide) groups is 1. The van der Waals surface area contributed by atoms with E-state index in [1.165, 1.54) is 0 Å². The zero-order valence-electron chi connectivity index (χ0n) is 10.9. The molecule has 3 aromatic rings. The first-order valence-corrected chi connectivity index (χ1v) is 7.98. The smallest absolute Gasteiger partial charge is 0.195 e. The van der Waals surface area contributed by atoms with Crippen LogP contribution in [-0.2, 0) is 0 Å². The fourth-order valence-electron chi connectivity index (χ4n) is 1.79. The van der Waals surface area contributed by atoms with Crippen LogP contribution in [0, 0.1) is 0 Å². The van der Waals surface area contributed by atoms with Crippen LogP contribution in [0.3, 0.4) is 0 Å². The predicted molar refractivity (Wildman–Crippen MR) is 85.7 cm³/mol. The lowest BCUT2D eigenvalue weighted by Gasteiger charge is -2.07. The maximum Gasteiger partial charge on any atom is 0.195 e. The second-order valence-electron chi connectivity index (χ2n) is 4.18. The Bertz CT molecular complexity index is 763. The Kier molecular flexibility index (Phi) is 4.53. The average molecular weight is 340 g/mol. The van der Waals surface area contributed by atoms with E-state index < -0.39 is 0 Å². The van der Waals surface area contributed by atoms with Crippen molar-refractivity contribution in [2.24, 2.45) is 0 Å². The summed E-state index contributed by atoms with van der Waals surface area (Å²) in [7, 11) is 0. The first-order chi connectivity index (χ1) is 10.2. The topological polar surface area (TPSA) is 39.4 Å². The van der Waals surface area contributed by atoms with Crippen molar-refractivity contribution >= 4 is 40.6 Å². The summed E-state index contributed by atoms with van der Waals surface area (Å²) in [5.74, 6) is 1.38. The van der Waals surface area contributed by atoms with Gasteiger partial charge in [-0.25, -0.2) is 0 Å². The van der Waals surface area contributed by atoms with Crippen molar-refractivity contribution in [2.45, 2.75) is 5.16 Å². The van der Waals surface area contributed by atoms with Gasteiger partial charge in [0.15, 0.2) is 10.8 Å². The van der Waals surface area contributed by atoms with Crippen LogP contribution >= 0.6 is 35.0 Å². The fourth-order valence-corrected chi connectivity index (χ4v) is 3.00. The van der Waals surface area contributed by atoms with E-state index in [4.69, 9.17) is 27.9 Å². The highest BCUT2D eigenvalue weighted by Crippen LogP contribution is 2.27. The number of ether oxygens (including phenoxy) is 1. The molecule has 0 unspecified atom stereocenters. The molecule has 0 saturated heterocycles. The van der Waals surface area contributed by atoms with E-state index in [0.29, 0.717) is 22.4 Å². The molecule has 0 N–H and O–H groups in total. The molecule has 0 fully saturated rings. The molecule has 0 saturated carbocycles. The lowest BCUT2D eigenvalue weighted by atomic mass is 10.3. The van der Waals surface area contributed by atoms with E-state index in [1.54, 1.807) is 30.0 Å². The van der Waals surface area contributed by atoms with Crippen LogP contribution in [0.15, 0.2) is 47.8 Å². The van der Waals surface area contributed by atoms with Gasteiger partial charge in [0.2, 0.25) is 0 Å². The van der Waals surface area contributed by atoms with Crippen LogP contribution < -0.4 is 4.74 Å². The number of hydrogen-bond donors (Lipinski definition) is 0. The lowest BCUT2D eigenvalue weighted by molar-refractivity contribution is 0.344. The van der Waals surface area contributed by atoms with E-state index >= 15 is 0 Å². The second kappa shape index (κ2) is 6.56. The third kappa shape index (κ3) is 3.43. The summed E-state index contributed by atoms with van der Waals surface area (Å²) in [6.45, 7) is 0.522. The van der Waals surface area contributed by atoms with E-state index in [1.807, 2.05) is 28.8 Å². The highest BCUT2D eigenvalue weighted by atomic mass is 35.5. The highest BCUT2D eigenvalue weighted by molar-refractivity contribution is 7.99. The van der Waals surface area contributed by atoms with E-state index in [9.17, 15) is 0 Å². The molecule has 0 aliphatic rings. The molecule has 0 aliphatic heterocycles. The molecule has 3 rings (SSSR count). The third-order valence-corrected chi connectivity index (χ3v) is 4.19. The summed E-state index contributed by atoms with van der Waals surface area (Å²) >= 11 is 13.5. The maximum atomic E-state index is 6.04. The van der Waals surface area contributed by atoms with Gasteiger partial charge in [0.25, 0.3) is 0 Å². The van der Waals surface area contributed by atoms with Gasteiger partial charge in [-0.15, -0.1) is 10.2 Å². The molecule has 1 aromatic carbocycles. The Morgan fingerprint density at radius 2 is 2.05 bits per heavy atom. The number of fused-ring (bicyclic) bond motifs is 1. The minimum absolute atomic E-state index is 0.514. The van der Waals surface area contributed by atoms with Crippen molar-refractivity contribution in [1.82, 2.24) is 14.6 Å². The Hall–Kier alpha value is -1.43. The number of benzene rings is 1. The molecule has 21 heavy (non-hydrogen) atoms. The van der Waals surface area contributed by atoms with E-state index in [0.717, 1.165) is 16.6 Å². The fraction of sp³-hybridized carbons (Fsp3) is 0.143. The van der Waals surface area contributed by atoms with Crippen molar-refractivity contribution < 1.29 is 4.74 Å². The minimum atomic E-state index is 0.514. The Labute approximate surface area is 136 Å². The normalized spacial score (nSPS) is 11.0. The average Bonchev–Trinajstić information content (AvgIpc) is 2.89. The molecular weight excluding hydrogens is 329 g/mol. The summed E-state index contributed by atoms with van der Waals surface area (Å²) in [5.41, 5.74) is 0.835. The van der Waals surface area contributed by atoms with Crippen LogP contribution in [0.25, 0.3) is 5.65 Å². The van der Waals surface area contributed by atoms with Crippen LogP contribution in [0.4, 0.5) is 0 Å². The number of rotatable bonds is 5. The molecule has 2 aromatic heterocycles. The lowest BCUT2D eigenvalue weighted by Crippen LogP contribution is -2.01.